The van der Waals surface area contributed by atoms with Gasteiger partial charge in [0.1, 0.15) is 0 Å². The van der Waals surface area contributed by atoms with Crippen LogP contribution in [0.2, 0.25) is 0 Å². The lowest BCUT2D eigenvalue weighted by molar-refractivity contribution is 0.0601. The predicted molar refractivity (Wildman–Crippen MR) is 115 cm³/mol. The number of ether oxygens (including phenoxy) is 1. The van der Waals surface area contributed by atoms with Gasteiger partial charge in [0.25, 0.3) is 5.89 Å². The van der Waals surface area contributed by atoms with E-state index < -0.39 is 5.97 Å². The largest absolute Gasteiger partial charge is 0.465 e. The zero-order valence-electron chi connectivity index (χ0n) is 16.7. The maximum Gasteiger partial charge on any atom is 0.337 e. The molecule has 1 N–H and O–H groups in total. The summed E-state index contributed by atoms with van der Waals surface area (Å²) in [5, 5.41) is 8.15. The summed E-state index contributed by atoms with van der Waals surface area (Å²) in [7, 11) is 1.35. The first-order valence-corrected chi connectivity index (χ1v) is 9.13. The fourth-order valence-corrected chi connectivity index (χ4v) is 2.96. The van der Waals surface area contributed by atoms with E-state index in [0.717, 1.165) is 16.8 Å². The number of halogens is 1. The summed E-state index contributed by atoms with van der Waals surface area (Å²) >= 11 is 0. The van der Waals surface area contributed by atoms with Gasteiger partial charge in [-0.15, -0.1) is 12.4 Å². The predicted octanol–water partition coefficient (Wildman–Crippen LogP) is 4.50. The minimum Gasteiger partial charge on any atom is -0.465 e. The van der Waals surface area contributed by atoms with Crippen molar-refractivity contribution in [1.29, 1.82) is 0 Å². The monoisotopic (exact) mass is 425 g/mol. The summed E-state index contributed by atoms with van der Waals surface area (Å²) in [6.07, 6.45) is 2.32. The average molecular weight is 426 g/mol. The summed E-state index contributed by atoms with van der Waals surface area (Å²) in [6, 6.07) is 10.9. The molecule has 0 bridgehead atoms. The molecule has 0 aliphatic carbocycles. The van der Waals surface area contributed by atoms with Gasteiger partial charge in [0.2, 0.25) is 0 Å². The van der Waals surface area contributed by atoms with Gasteiger partial charge < -0.3 is 14.6 Å². The third-order valence-electron chi connectivity index (χ3n) is 4.44. The van der Waals surface area contributed by atoms with Gasteiger partial charge in [0.05, 0.1) is 23.9 Å². The number of nitrogens with one attached hydrogen (secondary N) is 1. The number of aromatic nitrogens is 4. The van der Waals surface area contributed by atoms with Crippen molar-refractivity contribution in [1.82, 2.24) is 20.1 Å². The molecule has 154 valence electrons. The highest BCUT2D eigenvalue weighted by molar-refractivity contribution is 5.99. The second kappa shape index (κ2) is 8.87. The second-order valence-electron chi connectivity index (χ2n) is 6.44. The molecule has 0 fully saturated rings. The highest BCUT2D eigenvalue weighted by Gasteiger charge is 2.18. The van der Waals surface area contributed by atoms with Crippen molar-refractivity contribution in [3.05, 3.63) is 59.7 Å². The van der Waals surface area contributed by atoms with Crippen LogP contribution < -0.4 is 5.32 Å². The average Bonchev–Trinajstić information content (AvgIpc) is 3.22. The molecule has 4 rings (SSSR count). The zero-order valence-corrected chi connectivity index (χ0v) is 17.5. The Balaban J connectivity index is 0.00000256. The topological polar surface area (TPSA) is 103 Å². The lowest BCUT2D eigenvalue weighted by Gasteiger charge is -2.13. The fourth-order valence-electron chi connectivity index (χ4n) is 2.96. The highest BCUT2D eigenvalue weighted by Crippen LogP contribution is 2.34. The molecule has 0 saturated carbocycles. The molecule has 0 saturated heterocycles. The van der Waals surface area contributed by atoms with Crippen molar-refractivity contribution in [2.75, 3.05) is 12.4 Å². The minimum absolute atomic E-state index is 0. The van der Waals surface area contributed by atoms with Crippen LogP contribution in [0.3, 0.4) is 0 Å². The number of nitrogens with zero attached hydrogens (tertiary/aromatic N) is 4. The van der Waals surface area contributed by atoms with Gasteiger partial charge >= 0.3 is 5.97 Å². The summed E-state index contributed by atoms with van der Waals surface area (Å²) in [6.45, 7) is 3.87. The summed E-state index contributed by atoms with van der Waals surface area (Å²) in [5.74, 6) is 0.569. The van der Waals surface area contributed by atoms with E-state index >= 15 is 0 Å². The summed E-state index contributed by atoms with van der Waals surface area (Å²) in [4.78, 5) is 25.3. The Morgan fingerprint density at radius 3 is 2.77 bits per heavy atom. The molecule has 30 heavy (non-hydrogen) atoms. The van der Waals surface area contributed by atoms with E-state index in [-0.39, 0.29) is 12.4 Å². The maximum atomic E-state index is 11.9. The fraction of sp³-hybridized carbons (Fsp3) is 0.190. The number of pyridine rings is 2. The molecule has 3 aromatic heterocycles. The Morgan fingerprint density at radius 2 is 2.03 bits per heavy atom. The van der Waals surface area contributed by atoms with Crippen LogP contribution in [-0.2, 0) is 11.2 Å². The van der Waals surface area contributed by atoms with E-state index in [4.69, 9.17) is 9.26 Å². The number of esters is 1. The van der Waals surface area contributed by atoms with Crippen LogP contribution >= 0.6 is 12.4 Å². The zero-order chi connectivity index (χ0) is 20.4. The first-order chi connectivity index (χ1) is 14.1. The molecule has 8 nitrogen and oxygen atoms in total. The van der Waals surface area contributed by atoms with Crippen LogP contribution in [0.25, 0.3) is 22.5 Å². The smallest absolute Gasteiger partial charge is 0.337 e. The van der Waals surface area contributed by atoms with E-state index in [1.165, 1.54) is 7.11 Å². The summed E-state index contributed by atoms with van der Waals surface area (Å²) < 4.78 is 10.2. The van der Waals surface area contributed by atoms with Crippen molar-refractivity contribution < 1.29 is 14.1 Å². The van der Waals surface area contributed by atoms with Gasteiger partial charge in [0, 0.05) is 29.4 Å². The SMILES string of the molecule is CCc1noc(-c2cnc3nc(C)ccc3c2Nc2cccc(C(=O)OC)c2)n1.Cl. The molecule has 0 atom stereocenters. The lowest BCUT2D eigenvalue weighted by Crippen LogP contribution is -2.03. The lowest BCUT2D eigenvalue weighted by atomic mass is 10.1. The molecule has 0 amide bonds. The van der Waals surface area contributed by atoms with E-state index in [9.17, 15) is 4.79 Å². The molecular weight excluding hydrogens is 406 g/mol. The second-order valence-corrected chi connectivity index (χ2v) is 6.44. The normalized spacial score (nSPS) is 10.5. The van der Waals surface area contributed by atoms with Gasteiger partial charge in [-0.25, -0.2) is 14.8 Å². The third-order valence-corrected chi connectivity index (χ3v) is 4.44. The van der Waals surface area contributed by atoms with Gasteiger partial charge in [0.15, 0.2) is 11.5 Å². The number of rotatable bonds is 5. The van der Waals surface area contributed by atoms with E-state index in [0.29, 0.717) is 40.6 Å². The number of hydrogen-bond donors (Lipinski definition) is 1. The molecule has 4 aromatic rings. The minimum atomic E-state index is -0.407. The van der Waals surface area contributed by atoms with E-state index in [1.54, 1.807) is 24.4 Å². The molecule has 0 aliphatic rings. The maximum absolute atomic E-state index is 11.9. The summed E-state index contributed by atoms with van der Waals surface area (Å²) in [5.41, 5.74) is 3.97. The van der Waals surface area contributed by atoms with E-state index in [1.807, 2.05) is 32.0 Å². The van der Waals surface area contributed by atoms with Crippen LogP contribution in [0.1, 0.15) is 28.8 Å². The Morgan fingerprint density at radius 1 is 1.20 bits per heavy atom. The first kappa shape index (κ1) is 21.2. The van der Waals surface area contributed by atoms with Crippen molar-refractivity contribution >= 4 is 40.8 Å². The molecule has 0 spiro atoms. The van der Waals surface area contributed by atoms with Crippen molar-refractivity contribution in [3.8, 4) is 11.5 Å². The van der Waals surface area contributed by atoms with Gasteiger partial charge in [-0.1, -0.05) is 18.1 Å². The number of methoxy groups -OCH3 is 1. The number of aryl methyl sites for hydroxylation is 2. The molecule has 3 heterocycles. The Kier molecular flexibility index (Phi) is 6.27. The van der Waals surface area contributed by atoms with Crippen LogP contribution in [0.15, 0.2) is 47.1 Å². The molecule has 0 unspecified atom stereocenters. The van der Waals surface area contributed by atoms with E-state index in [2.05, 4.69) is 25.4 Å². The van der Waals surface area contributed by atoms with Gasteiger partial charge in [-0.05, 0) is 37.3 Å². The molecule has 1 aromatic carbocycles. The number of benzene rings is 1. The number of carbonyl (C=O) groups excluding carboxylic acids is 1. The molecule has 0 radical (unpaired) electrons. The molecular formula is C21H20ClN5O3. The van der Waals surface area contributed by atoms with Gasteiger partial charge in [-0.3, -0.25) is 0 Å². The first-order valence-electron chi connectivity index (χ1n) is 9.13. The van der Waals surface area contributed by atoms with Crippen molar-refractivity contribution in [2.45, 2.75) is 20.3 Å². The van der Waals surface area contributed by atoms with Gasteiger partial charge in [-0.2, -0.15) is 4.98 Å². The van der Waals surface area contributed by atoms with Crippen LogP contribution in [0.4, 0.5) is 11.4 Å². The number of fused-ring (bicyclic) bond motifs is 1. The van der Waals surface area contributed by atoms with Crippen molar-refractivity contribution in [3.63, 3.8) is 0 Å². The number of carbonyl (C=O) groups is 1. The van der Waals surface area contributed by atoms with Crippen LogP contribution in [0, 0.1) is 6.92 Å². The third kappa shape index (κ3) is 4.08. The highest BCUT2D eigenvalue weighted by atomic mass is 35.5. The quantitative estimate of drug-likeness (QED) is 0.466. The Bertz CT molecular complexity index is 1210. The van der Waals surface area contributed by atoms with Crippen molar-refractivity contribution in [2.24, 2.45) is 0 Å². The molecule has 9 heteroatoms. The van der Waals surface area contributed by atoms with Crippen LogP contribution in [0.5, 0.6) is 0 Å². The number of hydrogen-bond acceptors (Lipinski definition) is 8. The Labute approximate surface area is 179 Å². The number of anilines is 2. The van der Waals surface area contributed by atoms with Crippen LogP contribution in [-0.4, -0.2) is 33.2 Å². The Hall–Kier alpha value is -3.52. The standard InChI is InChI=1S/C21H19N5O3.ClH/c1-4-17-25-20(29-26-17)16-11-22-19-15(9-8-12(2)23-19)18(16)24-14-7-5-6-13(10-14)21(27)28-3;/h5-11H,4H2,1-3H3,(H,22,23,24);1H. The molecule has 0 aliphatic heterocycles.